The Bertz CT molecular complexity index is 1490. The maximum absolute atomic E-state index is 16.5. The molecule has 3 aliphatic heterocycles. The van der Waals surface area contributed by atoms with Crippen molar-refractivity contribution in [2.75, 3.05) is 38.2 Å². The van der Waals surface area contributed by atoms with E-state index in [1.165, 1.54) is 17.2 Å². The highest BCUT2D eigenvalue weighted by molar-refractivity contribution is 5.95. The van der Waals surface area contributed by atoms with Crippen molar-refractivity contribution in [2.45, 2.75) is 63.1 Å². The van der Waals surface area contributed by atoms with Gasteiger partial charge in [0.25, 0.3) is 0 Å². The first-order valence-corrected chi connectivity index (χ1v) is 14.5. The molecule has 9 heteroatoms. The van der Waals surface area contributed by atoms with E-state index in [1.54, 1.807) is 6.20 Å². The number of hydrogen-bond donors (Lipinski definition) is 0. The molecule has 5 heterocycles. The average Bonchev–Trinajstić information content (AvgIpc) is 3.53. The smallest absolute Gasteiger partial charge is 0.319 e. The lowest BCUT2D eigenvalue weighted by atomic mass is 9.87. The predicted octanol–water partition coefficient (Wildman–Crippen LogP) is 4.16. The number of aromatic nitrogens is 3. The Balaban J connectivity index is 1.29. The third kappa shape index (κ3) is 4.13. The number of carbonyl (C=O) groups excluding carboxylic acids is 1. The standard InChI is InChI=1S/C31H35FN6O2/c1-3-27(39)37-14-12-25-26(37)17-38(25)30-23-11-10-22(24-16-33-15-19-7-4-5-9-21(19)24)28(32)29(23)34-31(35-30)40-18-20-8-6-13-36(20)2/h3,10-11,15-16,20,25-26H,1,4-9,12-14,17-18H2,2H3/t20-,25+,26+/m0/s1. The van der Waals surface area contributed by atoms with Crippen LogP contribution in [0.3, 0.4) is 0 Å². The number of hydrogen-bond acceptors (Lipinski definition) is 7. The molecule has 0 bridgehead atoms. The van der Waals surface area contributed by atoms with Crippen LogP contribution in [-0.4, -0.2) is 82.1 Å². The maximum atomic E-state index is 16.5. The number of carbonyl (C=O) groups is 1. The zero-order valence-corrected chi connectivity index (χ0v) is 23.0. The van der Waals surface area contributed by atoms with Crippen LogP contribution in [0, 0.1) is 5.82 Å². The SMILES string of the molecule is C=CC(=O)N1CC[C@@H]2[C@H]1CN2c1nc(OC[C@@H]2CCCN2C)nc2c(F)c(-c3cncc4c3CCCC4)ccc12. The number of nitrogens with zero attached hydrogens (tertiary/aromatic N) is 6. The normalized spacial score (nSPS) is 24.1. The fourth-order valence-corrected chi connectivity index (χ4v) is 7.12. The predicted molar refractivity (Wildman–Crippen MR) is 152 cm³/mol. The van der Waals surface area contributed by atoms with Crippen molar-refractivity contribution in [1.29, 1.82) is 0 Å². The van der Waals surface area contributed by atoms with Crippen LogP contribution < -0.4 is 9.64 Å². The molecule has 1 amide bonds. The minimum atomic E-state index is -0.364. The molecule has 2 aromatic heterocycles. The quantitative estimate of drug-likeness (QED) is 0.433. The van der Waals surface area contributed by atoms with Gasteiger partial charge in [-0.25, -0.2) is 4.39 Å². The molecule has 3 atom stereocenters. The number of ether oxygens (including phenoxy) is 1. The van der Waals surface area contributed by atoms with Crippen LogP contribution in [0.25, 0.3) is 22.0 Å². The Morgan fingerprint density at radius 1 is 1.10 bits per heavy atom. The lowest BCUT2D eigenvalue weighted by molar-refractivity contribution is -0.127. The summed E-state index contributed by atoms with van der Waals surface area (Å²) in [6.07, 6.45) is 12.3. The van der Waals surface area contributed by atoms with Crippen LogP contribution in [0.4, 0.5) is 10.2 Å². The number of anilines is 1. The third-order valence-electron chi connectivity index (χ3n) is 9.43. The van der Waals surface area contributed by atoms with Gasteiger partial charge in [-0.1, -0.05) is 12.6 Å². The Hall–Kier alpha value is -3.59. The minimum Gasteiger partial charge on any atom is -0.462 e. The minimum absolute atomic E-state index is 0.0418. The molecule has 3 aromatic rings. The molecule has 208 valence electrons. The lowest BCUT2D eigenvalue weighted by Crippen LogP contribution is -2.63. The van der Waals surface area contributed by atoms with Crippen molar-refractivity contribution in [3.05, 3.63) is 54.1 Å². The summed E-state index contributed by atoms with van der Waals surface area (Å²) in [4.78, 5) is 32.7. The summed E-state index contributed by atoms with van der Waals surface area (Å²) >= 11 is 0. The van der Waals surface area contributed by atoms with Gasteiger partial charge in [0.15, 0.2) is 5.82 Å². The van der Waals surface area contributed by atoms with Gasteiger partial charge < -0.3 is 19.4 Å². The van der Waals surface area contributed by atoms with Gasteiger partial charge >= 0.3 is 6.01 Å². The molecule has 0 N–H and O–H groups in total. The number of aryl methyl sites for hydroxylation is 1. The van der Waals surface area contributed by atoms with E-state index >= 15 is 4.39 Å². The van der Waals surface area contributed by atoms with E-state index in [9.17, 15) is 4.79 Å². The second-order valence-electron chi connectivity index (χ2n) is 11.6. The topological polar surface area (TPSA) is 74.7 Å². The fraction of sp³-hybridized carbons (Fsp3) is 0.484. The first kappa shape index (κ1) is 25.4. The van der Waals surface area contributed by atoms with Gasteiger partial charge in [-0.3, -0.25) is 9.78 Å². The molecule has 40 heavy (non-hydrogen) atoms. The maximum Gasteiger partial charge on any atom is 0.319 e. The molecule has 1 aromatic carbocycles. The van der Waals surface area contributed by atoms with E-state index in [0.717, 1.165) is 57.1 Å². The van der Waals surface area contributed by atoms with Gasteiger partial charge in [0.2, 0.25) is 5.91 Å². The molecule has 0 radical (unpaired) electrons. The highest BCUT2D eigenvalue weighted by Gasteiger charge is 2.49. The number of benzene rings is 1. The van der Waals surface area contributed by atoms with Crippen LogP contribution in [0.1, 0.15) is 43.2 Å². The summed E-state index contributed by atoms with van der Waals surface area (Å²) in [7, 11) is 2.10. The summed E-state index contributed by atoms with van der Waals surface area (Å²) < 4.78 is 22.7. The van der Waals surface area contributed by atoms with E-state index in [0.29, 0.717) is 42.5 Å². The summed E-state index contributed by atoms with van der Waals surface area (Å²) in [5.74, 6) is 0.268. The number of pyridine rings is 1. The monoisotopic (exact) mass is 542 g/mol. The summed E-state index contributed by atoms with van der Waals surface area (Å²) in [6.45, 7) is 6.49. The molecular formula is C31H35FN6O2. The molecule has 1 aliphatic carbocycles. The summed E-state index contributed by atoms with van der Waals surface area (Å²) in [5.41, 5.74) is 4.05. The Labute approximate surface area is 233 Å². The van der Waals surface area contributed by atoms with Crippen molar-refractivity contribution in [3.63, 3.8) is 0 Å². The average molecular weight is 543 g/mol. The lowest BCUT2D eigenvalue weighted by Gasteiger charge is -2.47. The van der Waals surface area contributed by atoms with Gasteiger partial charge in [-0.15, -0.1) is 0 Å². The van der Waals surface area contributed by atoms with Crippen molar-refractivity contribution in [3.8, 4) is 17.1 Å². The molecule has 0 unspecified atom stereocenters. The highest BCUT2D eigenvalue weighted by Crippen LogP contribution is 2.41. The number of halogens is 1. The van der Waals surface area contributed by atoms with Gasteiger partial charge in [-0.05, 0) is 81.8 Å². The second kappa shape index (κ2) is 10.1. The Morgan fingerprint density at radius 2 is 1.98 bits per heavy atom. The summed E-state index contributed by atoms with van der Waals surface area (Å²) in [6, 6.07) is 4.52. The largest absolute Gasteiger partial charge is 0.462 e. The van der Waals surface area contributed by atoms with Crippen molar-refractivity contribution in [1.82, 2.24) is 24.8 Å². The number of likely N-dealkylation sites (N-methyl/N-ethyl adjacent to an activating group) is 1. The zero-order valence-electron chi connectivity index (χ0n) is 23.0. The van der Waals surface area contributed by atoms with Crippen LogP contribution >= 0.6 is 0 Å². The molecule has 0 spiro atoms. The molecule has 4 aliphatic rings. The Kier molecular flexibility index (Phi) is 6.41. The van der Waals surface area contributed by atoms with Gasteiger partial charge in [0.1, 0.15) is 17.9 Å². The first-order chi connectivity index (χ1) is 19.5. The van der Waals surface area contributed by atoms with Crippen molar-refractivity contribution >= 4 is 22.6 Å². The number of amides is 1. The molecule has 7 rings (SSSR count). The van der Waals surface area contributed by atoms with Crippen LogP contribution in [0.5, 0.6) is 6.01 Å². The molecule has 0 saturated carbocycles. The van der Waals surface area contributed by atoms with E-state index in [-0.39, 0.29) is 35.3 Å². The van der Waals surface area contributed by atoms with Crippen LogP contribution in [0.15, 0.2) is 37.2 Å². The summed E-state index contributed by atoms with van der Waals surface area (Å²) in [5, 5.41) is 0.663. The van der Waals surface area contributed by atoms with Gasteiger partial charge in [0.05, 0.1) is 12.1 Å². The van der Waals surface area contributed by atoms with E-state index < -0.39 is 0 Å². The zero-order chi connectivity index (χ0) is 27.4. The van der Waals surface area contributed by atoms with Gasteiger partial charge in [0, 0.05) is 48.0 Å². The van der Waals surface area contributed by atoms with Crippen LogP contribution in [-0.2, 0) is 17.6 Å². The molecule has 8 nitrogen and oxygen atoms in total. The molecule has 3 fully saturated rings. The van der Waals surface area contributed by atoms with E-state index in [4.69, 9.17) is 9.72 Å². The third-order valence-corrected chi connectivity index (χ3v) is 9.43. The first-order valence-electron chi connectivity index (χ1n) is 14.5. The number of likely N-dealkylation sites (tertiary alicyclic amines) is 2. The second-order valence-corrected chi connectivity index (χ2v) is 11.6. The van der Waals surface area contributed by atoms with Crippen molar-refractivity contribution in [2.24, 2.45) is 0 Å². The molecular weight excluding hydrogens is 507 g/mol. The highest BCUT2D eigenvalue weighted by atomic mass is 19.1. The molecule has 3 saturated heterocycles. The van der Waals surface area contributed by atoms with Crippen LogP contribution in [0.2, 0.25) is 0 Å². The number of rotatable bonds is 6. The van der Waals surface area contributed by atoms with Gasteiger partial charge in [-0.2, -0.15) is 9.97 Å². The van der Waals surface area contributed by atoms with E-state index in [1.807, 2.05) is 23.2 Å². The van der Waals surface area contributed by atoms with Crippen molar-refractivity contribution < 1.29 is 13.9 Å². The van der Waals surface area contributed by atoms with E-state index in [2.05, 4.69) is 33.4 Å². The number of fused-ring (bicyclic) bond motifs is 3. The fourth-order valence-electron chi connectivity index (χ4n) is 7.12. The Morgan fingerprint density at radius 3 is 2.80 bits per heavy atom.